The summed E-state index contributed by atoms with van der Waals surface area (Å²) in [4.78, 5) is 18.7. The minimum absolute atomic E-state index is 0.0548. The molecule has 0 radical (unpaired) electrons. The molecule has 0 saturated carbocycles. The fraction of sp³-hybridized carbons (Fsp3) is 0.600. The maximum Gasteiger partial charge on any atom is 0.255 e. The van der Waals surface area contributed by atoms with Crippen molar-refractivity contribution in [3.8, 4) is 0 Å². The summed E-state index contributed by atoms with van der Waals surface area (Å²) in [6.45, 7) is 7.74. The minimum Gasteiger partial charge on any atom is -0.397 e. The molecule has 0 fully saturated rings. The average molecular weight is 263 g/mol. The van der Waals surface area contributed by atoms with Gasteiger partial charge in [0.1, 0.15) is 0 Å². The molecule has 1 rings (SSSR count). The van der Waals surface area contributed by atoms with Gasteiger partial charge in [0.05, 0.1) is 23.1 Å². The van der Waals surface area contributed by atoms with Gasteiger partial charge in [0, 0.05) is 13.1 Å². The molecule has 4 heteroatoms. The zero-order valence-electron chi connectivity index (χ0n) is 12.3. The zero-order valence-corrected chi connectivity index (χ0v) is 12.3. The van der Waals surface area contributed by atoms with Crippen LogP contribution in [0.5, 0.6) is 0 Å². The molecule has 0 aromatic carbocycles. The summed E-state index contributed by atoms with van der Waals surface area (Å²) in [5.74, 6) is 0.0548. The molecule has 0 aliphatic heterocycles. The lowest BCUT2D eigenvalue weighted by Gasteiger charge is -2.23. The van der Waals surface area contributed by atoms with E-state index in [1.54, 1.807) is 12.3 Å². The van der Waals surface area contributed by atoms with Crippen molar-refractivity contribution in [1.82, 2.24) is 9.88 Å². The number of rotatable bonds is 7. The molecule has 1 heterocycles. The van der Waals surface area contributed by atoms with Gasteiger partial charge in [-0.05, 0) is 25.8 Å². The van der Waals surface area contributed by atoms with Crippen LogP contribution in [0.1, 0.15) is 55.6 Å². The summed E-state index contributed by atoms with van der Waals surface area (Å²) < 4.78 is 0. The fourth-order valence-electron chi connectivity index (χ4n) is 1.95. The zero-order chi connectivity index (χ0) is 14.3. The monoisotopic (exact) mass is 263 g/mol. The van der Waals surface area contributed by atoms with E-state index < -0.39 is 0 Å². The van der Waals surface area contributed by atoms with E-state index in [1.165, 1.54) is 0 Å². The SMILES string of the molecule is CCCCN(CCCC)C(=O)c1cc(N)cnc1C. The van der Waals surface area contributed by atoms with Crippen LogP contribution >= 0.6 is 0 Å². The van der Waals surface area contributed by atoms with E-state index in [4.69, 9.17) is 5.73 Å². The molecule has 1 aromatic rings. The second kappa shape index (κ2) is 7.77. The minimum atomic E-state index is 0.0548. The van der Waals surface area contributed by atoms with Crippen LogP contribution < -0.4 is 5.73 Å². The summed E-state index contributed by atoms with van der Waals surface area (Å²) in [7, 11) is 0. The highest BCUT2D eigenvalue weighted by Gasteiger charge is 2.17. The van der Waals surface area contributed by atoms with Crippen molar-refractivity contribution in [2.75, 3.05) is 18.8 Å². The smallest absolute Gasteiger partial charge is 0.255 e. The maximum absolute atomic E-state index is 12.6. The summed E-state index contributed by atoms with van der Waals surface area (Å²) in [5.41, 5.74) is 7.65. The molecule has 0 bridgehead atoms. The molecule has 2 N–H and O–H groups in total. The van der Waals surface area contributed by atoms with Crippen LogP contribution in [0, 0.1) is 6.92 Å². The molecule has 0 saturated heterocycles. The first-order valence-corrected chi connectivity index (χ1v) is 7.11. The van der Waals surface area contributed by atoms with E-state index in [1.807, 2.05) is 11.8 Å². The third-order valence-electron chi connectivity index (χ3n) is 3.19. The number of hydrogen-bond acceptors (Lipinski definition) is 3. The van der Waals surface area contributed by atoms with Crippen molar-refractivity contribution in [3.05, 3.63) is 23.5 Å². The van der Waals surface area contributed by atoms with Gasteiger partial charge in [-0.25, -0.2) is 0 Å². The molecular formula is C15H25N3O. The predicted octanol–water partition coefficient (Wildman–Crippen LogP) is 3.01. The fourth-order valence-corrected chi connectivity index (χ4v) is 1.95. The lowest BCUT2D eigenvalue weighted by Crippen LogP contribution is -2.33. The van der Waals surface area contributed by atoms with E-state index in [2.05, 4.69) is 18.8 Å². The predicted molar refractivity (Wildman–Crippen MR) is 79.1 cm³/mol. The Balaban J connectivity index is 2.87. The number of pyridine rings is 1. The van der Waals surface area contributed by atoms with Gasteiger partial charge in [-0.15, -0.1) is 0 Å². The summed E-state index contributed by atoms with van der Waals surface area (Å²) in [6, 6.07) is 1.73. The number of anilines is 1. The highest BCUT2D eigenvalue weighted by molar-refractivity contribution is 5.96. The van der Waals surface area contributed by atoms with Gasteiger partial charge in [0.2, 0.25) is 0 Å². The molecule has 0 spiro atoms. The first-order valence-electron chi connectivity index (χ1n) is 7.11. The van der Waals surface area contributed by atoms with Crippen molar-refractivity contribution in [2.45, 2.75) is 46.5 Å². The van der Waals surface area contributed by atoms with Crippen LogP contribution in [0.2, 0.25) is 0 Å². The molecule has 0 unspecified atom stereocenters. The maximum atomic E-state index is 12.6. The first-order chi connectivity index (χ1) is 9.10. The number of hydrogen-bond donors (Lipinski definition) is 1. The molecule has 0 aliphatic carbocycles. The van der Waals surface area contributed by atoms with Crippen molar-refractivity contribution in [3.63, 3.8) is 0 Å². The highest BCUT2D eigenvalue weighted by Crippen LogP contribution is 2.14. The highest BCUT2D eigenvalue weighted by atomic mass is 16.2. The van der Waals surface area contributed by atoms with Gasteiger partial charge in [0.25, 0.3) is 5.91 Å². The summed E-state index contributed by atoms with van der Waals surface area (Å²) in [6.07, 6.45) is 5.83. The number of aromatic nitrogens is 1. The van der Waals surface area contributed by atoms with E-state index in [0.29, 0.717) is 11.3 Å². The lowest BCUT2D eigenvalue weighted by molar-refractivity contribution is 0.0750. The first kappa shape index (κ1) is 15.5. The quantitative estimate of drug-likeness (QED) is 0.822. The number of unbranched alkanes of at least 4 members (excludes halogenated alkanes) is 2. The Morgan fingerprint density at radius 3 is 2.37 bits per heavy atom. The Labute approximate surface area is 116 Å². The molecule has 19 heavy (non-hydrogen) atoms. The molecule has 106 valence electrons. The second-order valence-electron chi connectivity index (χ2n) is 4.90. The molecular weight excluding hydrogens is 238 g/mol. The van der Waals surface area contributed by atoms with E-state index >= 15 is 0 Å². The largest absolute Gasteiger partial charge is 0.397 e. The van der Waals surface area contributed by atoms with Crippen molar-refractivity contribution in [2.24, 2.45) is 0 Å². The number of amides is 1. The number of aryl methyl sites for hydroxylation is 1. The molecule has 0 atom stereocenters. The van der Waals surface area contributed by atoms with Crippen LogP contribution in [-0.4, -0.2) is 28.9 Å². The number of nitrogen functional groups attached to an aromatic ring is 1. The van der Waals surface area contributed by atoms with Crippen LogP contribution in [0.3, 0.4) is 0 Å². The number of carbonyl (C=O) groups is 1. The van der Waals surface area contributed by atoms with Gasteiger partial charge < -0.3 is 10.6 Å². The number of nitrogens with zero attached hydrogens (tertiary/aromatic N) is 2. The van der Waals surface area contributed by atoms with Gasteiger partial charge >= 0.3 is 0 Å². The van der Waals surface area contributed by atoms with Gasteiger partial charge in [-0.2, -0.15) is 0 Å². The van der Waals surface area contributed by atoms with Crippen LogP contribution in [0.25, 0.3) is 0 Å². The van der Waals surface area contributed by atoms with Crippen LogP contribution in [-0.2, 0) is 0 Å². The molecule has 4 nitrogen and oxygen atoms in total. The Morgan fingerprint density at radius 2 is 1.84 bits per heavy atom. The molecule has 0 aliphatic rings. The Kier molecular flexibility index (Phi) is 6.33. The van der Waals surface area contributed by atoms with Crippen LogP contribution in [0.15, 0.2) is 12.3 Å². The number of nitrogens with two attached hydrogens (primary N) is 1. The van der Waals surface area contributed by atoms with E-state index in [-0.39, 0.29) is 5.91 Å². The van der Waals surface area contributed by atoms with Gasteiger partial charge in [0.15, 0.2) is 0 Å². The number of carbonyl (C=O) groups excluding carboxylic acids is 1. The van der Waals surface area contributed by atoms with Crippen molar-refractivity contribution < 1.29 is 4.79 Å². The molecule has 1 aromatic heterocycles. The Morgan fingerprint density at radius 1 is 1.26 bits per heavy atom. The normalized spacial score (nSPS) is 10.5. The van der Waals surface area contributed by atoms with Gasteiger partial charge in [-0.3, -0.25) is 9.78 Å². The average Bonchev–Trinajstić information content (AvgIpc) is 2.41. The Hall–Kier alpha value is -1.58. The third kappa shape index (κ3) is 4.54. The summed E-state index contributed by atoms with van der Waals surface area (Å²) >= 11 is 0. The van der Waals surface area contributed by atoms with Crippen molar-refractivity contribution >= 4 is 11.6 Å². The lowest BCUT2D eigenvalue weighted by atomic mass is 10.1. The van der Waals surface area contributed by atoms with Crippen LogP contribution in [0.4, 0.5) is 5.69 Å². The third-order valence-corrected chi connectivity index (χ3v) is 3.19. The Bertz CT molecular complexity index is 410. The van der Waals surface area contributed by atoms with E-state index in [9.17, 15) is 4.79 Å². The van der Waals surface area contributed by atoms with Crippen molar-refractivity contribution in [1.29, 1.82) is 0 Å². The standard InChI is InChI=1S/C15H25N3O/c1-4-6-8-18(9-7-5-2)15(19)14-10-13(16)11-17-12(14)3/h10-11H,4-9,16H2,1-3H3. The van der Waals surface area contributed by atoms with Gasteiger partial charge in [-0.1, -0.05) is 26.7 Å². The van der Waals surface area contributed by atoms with E-state index in [0.717, 1.165) is 44.5 Å². The topological polar surface area (TPSA) is 59.2 Å². The summed E-state index contributed by atoms with van der Waals surface area (Å²) in [5, 5.41) is 0. The molecule has 1 amide bonds. The second-order valence-corrected chi connectivity index (χ2v) is 4.90.